The van der Waals surface area contributed by atoms with Crippen LogP contribution in [0.4, 0.5) is 10.5 Å². The zero-order valence-electron chi connectivity index (χ0n) is 9.96. The fraction of sp³-hybridized carbons (Fsp3) is 0.250. The highest BCUT2D eigenvalue weighted by molar-refractivity contribution is 5.89. The molecule has 0 radical (unpaired) electrons. The van der Waals surface area contributed by atoms with Crippen molar-refractivity contribution in [2.24, 2.45) is 0 Å². The molecule has 19 heavy (non-hydrogen) atoms. The Morgan fingerprint density at radius 2 is 1.95 bits per heavy atom. The molecule has 2 amide bonds. The zero-order chi connectivity index (χ0) is 14.3. The van der Waals surface area contributed by atoms with E-state index in [4.69, 9.17) is 15.5 Å². The van der Waals surface area contributed by atoms with Gasteiger partial charge in [0.05, 0.1) is 19.0 Å². The smallest absolute Gasteiger partial charge is 0.334 e. The molecule has 1 aromatic rings. The molecule has 0 saturated heterocycles. The van der Waals surface area contributed by atoms with Gasteiger partial charge in [-0.1, -0.05) is 12.1 Å². The lowest BCUT2D eigenvalue weighted by atomic mass is 10.1. The molecule has 4 N–H and O–H groups in total. The second kappa shape index (κ2) is 6.98. The highest BCUT2D eigenvalue weighted by Crippen LogP contribution is 2.09. The Kier molecular flexibility index (Phi) is 5.32. The van der Waals surface area contributed by atoms with Crippen molar-refractivity contribution >= 4 is 17.7 Å². The van der Waals surface area contributed by atoms with Crippen LogP contribution < -0.4 is 10.6 Å². The van der Waals surface area contributed by atoms with E-state index in [0.717, 1.165) is 5.56 Å². The van der Waals surface area contributed by atoms with Gasteiger partial charge < -0.3 is 20.8 Å². The lowest BCUT2D eigenvalue weighted by Gasteiger charge is -2.09. The summed E-state index contributed by atoms with van der Waals surface area (Å²) in [5, 5.41) is 30.6. The third-order valence-corrected chi connectivity index (χ3v) is 2.24. The second-order valence-corrected chi connectivity index (χ2v) is 3.72. The van der Waals surface area contributed by atoms with E-state index in [1.807, 2.05) is 6.07 Å². The number of aliphatic carboxylic acids is 1. The van der Waals surface area contributed by atoms with Gasteiger partial charge in [-0.25, -0.2) is 9.59 Å². The molecule has 0 fully saturated rings. The fourth-order valence-electron chi connectivity index (χ4n) is 1.25. The lowest BCUT2D eigenvalue weighted by molar-refractivity contribution is -0.146. The van der Waals surface area contributed by atoms with Crippen LogP contribution >= 0.6 is 0 Å². The number of urea groups is 1. The first-order chi connectivity index (χ1) is 9.02. The summed E-state index contributed by atoms with van der Waals surface area (Å²) in [6.45, 7) is -0.381. The zero-order valence-corrected chi connectivity index (χ0v) is 9.96. The van der Waals surface area contributed by atoms with Crippen molar-refractivity contribution in [3.63, 3.8) is 0 Å². The van der Waals surface area contributed by atoms with Gasteiger partial charge in [-0.3, -0.25) is 0 Å². The highest BCUT2D eigenvalue weighted by atomic mass is 16.4. The van der Waals surface area contributed by atoms with Crippen LogP contribution in [-0.4, -0.2) is 34.9 Å². The van der Waals surface area contributed by atoms with E-state index < -0.39 is 18.1 Å². The normalized spacial score (nSPS) is 11.2. The number of benzene rings is 1. The second-order valence-electron chi connectivity index (χ2n) is 3.72. The molecule has 0 heterocycles. The van der Waals surface area contributed by atoms with Crippen LogP contribution in [0.25, 0.3) is 0 Å². The number of hydrogen-bond donors (Lipinski definition) is 4. The number of carbonyl (C=O) groups is 2. The van der Waals surface area contributed by atoms with Gasteiger partial charge in [-0.15, -0.1) is 0 Å². The SMILES string of the molecule is N#CCc1ccc(NC(=O)NC[C@H](O)C(=O)O)cc1. The molecule has 0 saturated carbocycles. The van der Waals surface area contributed by atoms with Crippen LogP contribution in [0.1, 0.15) is 5.56 Å². The summed E-state index contributed by atoms with van der Waals surface area (Å²) < 4.78 is 0. The van der Waals surface area contributed by atoms with Gasteiger partial charge in [0.2, 0.25) is 0 Å². The van der Waals surface area contributed by atoms with Crippen molar-refractivity contribution in [3.05, 3.63) is 29.8 Å². The number of carbonyl (C=O) groups excluding carboxylic acids is 1. The van der Waals surface area contributed by atoms with E-state index in [0.29, 0.717) is 5.69 Å². The van der Waals surface area contributed by atoms with Crippen LogP contribution in [0.2, 0.25) is 0 Å². The Balaban J connectivity index is 2.44. The van der Waals surface area contributed by atoms with Crippen LogP contribution in [0.5, 0.6) is 0 Å². The molecular formula is C12H13N3O4. The van der Waals surface area contributed by atoms with E-state index in [-0.39, 0.29) is 13.0 Å². The van der Waals surface area contributed by atoms with Gasteiger partial charge in [-0.05, 0) is 17.7 Å². The van der Waals surface area contributed by atoms with Crippen LogP contribution in [-0.2, 0) is 11.2 Å². The largest absolute Gasteiger partial charge is 0.479 e. The lowest BCUT2D eigenvalue weighted by Crippen LogP contribution is -2.38. The Labute approximate surface area is 109 Å². The van der Waals surface area contributed by atoms with E-state index in [9.17, 15) is 9.59 Å². The van der Waals surface area contributed by atoms with Crippen molar-refractivity contribution in [1.29, 1.82) is 5.26 Å². The fourth-order valence-corrected chi connectivity index (χ4v) is 1.25. The summed E-state index contributed by atoms with van der Waals surface area (Å²) in [7, 11) is 0. The summed E-state index contributed by atoms with van der Waals surface area (Å²) in [4.78, 5) is 21.7. The van der Waals surface area contributed by atoms with Crippen LogP contribution in [0, 0.1) is 11.3 Å². The maximum absolute atomic E-state index is 11.4. The number of rotatable bonds is 5. The van der Waals surface area contributed by atoms with E-state index in [1.165, 1.54) is 0 Å². The van der Waals surface area contributed by atoms with Crippen molar-refractivity contribution < 1.29 is 19.8 Å². The predicted octanol–water partition coefficient (Wildman–Crippen LogP) is 0.320. The molecule has 100 valence electrons. The molecule has 0 aromatic heterocycles. The van der Waals surface area contributed by atoms with E-state index in [2.05, 4.69) is 10.6 Å². The molecule has 0 bridgehead atoms. The summed E-state index contributed by atoms with van der Waals surface area (Å²) in [5.41, 5.74) is 1.33. The third kappa shape index (κ3) is 5.06. The Morgan fingerprint density at radius 1 is 1.32 bits per heavy atom. The Bertz CT molecular complexity index is 493. The van der Waals surface area contributed by atoms with E-state index in [1.54, 1.807) is 24.3 Å². The van der Waals surface area contributed by atoms with Gasteiger partial charge in [0, 0.05) is 5.69 Å². The number of carboxylic acids is 1. The number of aliphatic hydroxyl groups excluding tert-OH is 1. The predicted molar refractivity (Wildman–Crippen MR) is 66.4 cm³/mol. The molecular weight excluding hydrogens is 250 g/mol. The molecule has 1 aromatic carbocycles. The topological polar surface area (TPSA) is 122 Å². The number of nitriles is 1. The number of aliphatic hydroxyl groups is 1. The number of carboxylic acid groups (broad SMARTS) is 1. The van der Waals surface area contributed by atoms with E-state index >= 15 is 0 Å². The summed E-state index contributed by atoms with van der Waals surface area (Å²) >= 11 is 0. The summed E-state index contributed by atoms with van der Waals surface area (Å²) in [6, 6.07) is 8.04. The standard InChI is InChI=1S/C12H13N3O4/c13-6-5-8-1-3-9(4-2-8)15-12(19)14-7-10(16)11(17)18/h1-4,10,16H,5,7H2,(H,17,18)(H2,14,15,19)/t10-/m0/s1. The molecule has 0 unspecified atom stereocenters. The molecule has 1 atom stereocenters. The summed E-state index contributed by atoms with van der Waals surface area (Å²) in [6.07, 6.45) is -1.35. The van der Waals surface area contributed by atoms with Crippen LogP contribution in [0.3, 0.4) is 0 Å². The number of amides is 2. The molecule has 7 nitrogen and oxygen atoms in total. The molecule has 1 rings (SSSR count). The van der Waals surface area contributed by atoms with Gasteiger partial charge in [0.25, 0.3) is 0 Å². The Hall–Kier alpha value is -2.59. The molecule has 0 aliphatic carbocycles. The monoisotopic (exact) mass is 263 g/mol. The first kappa shape index (κ1) is 14.5. The van der Waals surface area contributed by atoms with Crippen LogP contribution in [0.15, 0.2) is 24.3 Å². The first-order valence-corrected chi connectivity index (χ1v) is 5.44. The van der Waals surface area contributed by atoms with Gasteiger partial charge in [0.15, 0.2) is 6.10 Å². The first-order valence-electron chi connectivity index (χ1n) is 5.44. The molecule has 0 aliphatic rings. The van der Waals surface area contributed by atoms with Crippen molar-refractivity contribution in [1.82, 2.24) is 5.32 Å². The minimum atomic E-state index is -1.64. The van der Waals surface area contributed by atoms with Crippen molar-refractivity contribution in [2.75, 3.05) is 11.9 Å². The summed E-state index contributed by atoms with van der Waals surface area (Å²) in [5.74, 6) is -1.40. The minimum Gasteiger partial charge on any atom is -0.479 e. The van der Waals surface area contributed by atoms with Gasteiger partial charge in [-0.2, -0.15) is 5.26 Å². The third-order valence-electron chi connectivity index (χ3n) is 2.24. The Morgan fingerprint density at radius 3 is 2.47 bits per heavy atom. The number of hydrogen-bond acceptors (Lipinski definition) is 4. The molecule has 0 aliphatic heterocycles. The average Bonchev–Trinajstić information content (AvgIpc) is 2.38. The van der Waals surface area contributed by atoms with Gasteiger partial charge in [0.1, 0.15) is 0 Å². The van der Waals surface area contributed by atoms with Crippen molar-refractivity contribution in [2.45, 2.75) is 12.5 Å². The van der Waals surface area contributed by atoms with Crippen molar-refractivity contribution in [3.8, 4) is 6.07 Å². The van der Waals surface area contributed by atoms with Gasteiger partial charge >= 0.3 is 12.0 Å². The number of nitrogens with zero attached hydrogens (tertiary/aromatic N) is 1. The quantitative estimate of drug-likeness (QED) is 0.609. The number of nitrogens with one attached hydrogen (secondary N) is 2. The average molecular weight is 263 g/mol. The maximum Gasteiger partial charge on any atom is 0.334 e. The number of anilines is 1. The molecule has 0 spiro atoms. The minimum absolute atomic E-state index is 0.289. The highest BCUT2D eigenvalue weighted by Gasteiger charge is 2.13. The maximum atomic E-state index is 11.4. The molecule has 7 heteroatoms.